The van der Waals surface area contributed by atoms with Crippen LogP contribution in [-0.4, -0.2) is 15.7 Å². The predicted octanol–water partition coefficient (Wildman–Crippen LogP) is 2.56. The number of benzene rings is 1. The van der Waals surface area contributed by atoms with Crippen molar-refractivity contribution in [1.29, 1.82) is 0 Å². The molecular weight excluding hydrogens is 313 g/mol. The number of carbonyl (C=O) groups is 1. The summed E-state index contributed by atoms with van der Waals surface area (Å²) in [6.07, 6.45) is 1.83. The highest BCUT2D eigenvalue weighted by Gasteiger charge is 2.12. The van der Waals surface area contributed by atoms with Gasteiger partial charge in [-0.05, 0) is 25.1 Å². The minimum absolute atomic E-state index is 0.0322. The average Bonchev–Trinajstić information content (AvgIpc) is 2.65. The molecule has 0 saturated heterocycles. The number of rotatable bonds is 3. The van der Waals surface area contributed by atoms with Crippen molar-refractivity contribution < 1.29 is 9.18 Å². The summed E-state index contributed by atoms with van der Waals surface area (Å²) in [5.41, 5.74) is 1.79. The number of amides is 1. The summed E-state index contributed by atoms with van der Waals surface area (Å²) < 4.78 is 15.9. The molecule has 0 atom stereocenters. The van der Waals surface area contributed by atoms with Crippen molar-refractivity contribution in [2.24, 2.45) is 7.05 Å². The Labute approximate surface area is 118 Å². The second-order valence-electron chi connectivity index (χ2n) is 4.22. The molecule has 0 aliphatic carbocycles. The lowest BCUT2D eigenvalue weighted by molar-refractivity contribution is 0.0947. The molecule has 1 N–H and O–H groups in total. The smallest absolute Gasteiger partial charge is 0.254 e. The van der Waals surface area contributed by atoms with Gasteiger partial charge in [-0.3, -0.25) is 9.48 Å². The van der Waals surface area contributed by atoms with Gasteiger partial charge in [-0.1, -0.05) is 15.9 Å². The second kappa shape index (κ2) is 5.52. The number of halogens is 2. The van der Waals surface area contributed by atoms with Crippen molar-refractivity contribution in [2.75, 3.05) is 0 Å². The van der Waals surface area contributed by atoms with E-state index in [2.05, 4.69) is 26.3 Å². The van der Waals surface area contributed by atoms with E-state index in [9.17, 15) is 9.18 Å². The molecule has 0 radical (unpaired) electrons. The van der Waals surface area contributed by atoms with Gasteiger partial charge in [0.1, 0.15) is 5.82 Å². The summed E-state index contributed by atoms with van der Waals surface area (Å²) in [6, 6.07) is 4.35. The van der Waals surface area contributed by atoms with Gasteiger partial charge in [0.2, 0.25) is 0 Å². The van der Waals surface area contributed by atoms with Crippen LogP contribution < -0.4 is 5.32 Å². The molecule has 0 fully saturated rings. The molecule has 0 saturated carbocycles. The number of hydrogen-bond donors (Lipinski definition) is 1. The van der Waals surface area contributed by atoms with Gasteiger partial charge in [0.15, 0.2) is 0 Å². The molecule has 19 heavy (non-hydrogen) atoms. The number of nitrogens with one attached hydrogen (secondary N) is 1. The Morgan fingerprint density at radius 1 is 1.53 bits per heavy atom. The fourth-order valence-electron chi connectivity index (χ4n) is 1.77. The van der Waals surface area contributed by atoms with E-state index in [1.165, 1.54) is 12.1 Å². The van der Waals surface area contributed by atoms with Gasteiger partial charge in [-0.15, -0.1) is 0 Å². The third kappa shape index (κ3) is 3.20. The lowest BCUT2D eigenvalue weighted by atomic mass is 10.2. The standard InChI is InChI=1S/C13H13BrFN3O/c1-8-9(7-18(2)17-8)6-16-13(19)11-4-3-10(14)5-12(11)15/h3-5,7H,6H2,1-2H3,(H,16,19). The zero-order valence-electron chi connectivity index (χ0n) is 10.6. The summed E-state index contributed by atoms with van der Waals surface area (Å²) in [5.74, 6) is -0.983. The van der Waals surface area contributed by atoms with Crippen LogP contribution in [0.1, 0.15) is 21.6 Å². The molecule has 2 aromatic rings. The molecule has 1 amide bonds. The third-order valence-corrected chi connectivity index (χ3v) is 3.22. The van der Waals surface area contributed by atoms with E-state index in [1.807, 2.05) is 20.2 Å². The van der Waals surface area contributed by atoms with E-state index < -0.39 is 11.7 Å². The first kappa shape index (κ1) is 13.7. The van der Waals surface area contributed by atoms with Gasteiger partial charge in [-0.25, -0.2) is 4.39 Å². The number of aromatic nitrogens is 2. The van der Waals surface area contributed by atoms with Crippen LogP contribution in [0.15, 0.2) is 28.9 Å². The number of nitrogens with zero attached hydrogens (tertiary/aromatic N) is 2. The van der Waals surface area contributed by atoms with E-state index in [0.717, 1.165) is 11.3 Å². The maximum atomic E-state index is 13.6. The molecule has 100 valence electrons. The van der Waals surface area contributed by atoms with Crippen LogP contribution in [0.5, 0.6) is 0 Å². The first-order chi connectivity index (χ1) is 8.97. The van der Waals surface area contributed by atoms with Crippen molar-refractivity contribution in [2.45, 2.75) is 13.5 Å². The average molecular weight is 326 g/mol. The Bertz CT molecular complexity index is 624. The lowest BCUT2D eigenvalue weighted by Gasteiger charge is -2.05. The van der Waals surface area contributed by atoms with Crippen LogP contribution in [0, 0.1) is 12.7 Å². The Morgan fingerprint density at radius 3 is 2.84 bits per heavy atom. The molecular formula is C13H13BrFN3O. The van der Waals surface area contributed by atoms with Gasteiger partial charge in [0, 0.05) is 29.8 Å². The molecule has 0 aliphatic rings. The van der Waals surface area contributed by atoms with Crippen LogP contribution in [-0.2, 0) is 13.6 Å². The minimum Gasteiger partial charge on any atom is -0.348 e. The Balaban J connectivity index is 2.07. The number of carbonyl (C=O) groups excluding carboxylic acids is 1. The van der Waals surface area contributed by atoms with Gasteiger partial charge >= 0.3 is 0 Å². The summed E-state index contributed by atoms with van der Waals surface area (Å²) in [7, 11) is 1.81. The molecule has 1 heterocycles. The molecule has 0 bridgehead atoms. The summed E-state index contributed by atoms with van der Waals surface area (Å²) in [6.45, 7) is 2.19. The largest absolute Gasteiger partial charge is 0.348 e. The zero-order chi connectivity index (χ0) is 14.0. The Morgan fingerprint density at radius 2 is 2.26 bits per heavy atom. The highest BCUT2D eigenvalue weighted by molar-refractivity contribution is 9.10. The van der Waals surface area contributed by atoms with Gasteiger partial charge in [0.25, 0.3) is 5.91 Å². The first-order valence-corrected chi connectivity index (χ1v) is 6.49. The summed E-state index contributed by atoms with van der Waals surface area (Å²) in [5, 5.41) is 6.86. The van der Waals surface area contributed by atoms with Crippen LogP contribution in [0.4, 0.5) is 4.39 Å². The normalized spacial score (nSPS) is 10.5. The Kier molecular flexibility index (Phi) is 3.99. The maximum Gasteiger partial charge on any atom is 0.254 e. The molecule has 6 heteroatoms. The Hall–Kier alpha value is -1.69. The highest BCUT2D eigenvalue weighted by Crippen LogP contribution is 2.15. The SMILES string of the molecule is Cc1nn(C)cc1CNC(=O)c1ccc(Br)cc1F. The van der Waals surface area contributed by atoms with E-state index in [0.29, 0.717) is 11.0 Å². The molecule has 0 unspecified atom stereocenters. The number of hydrogen-bond acceptors (Lipinski definition) is 2. The van der Waals surface area contributed by atoms with Crippen molar-refractivity contribution in [1.82, 2.24) is 15.1 Å². The zero-order valence-corrected chi connectivity index (χ0v) is 12.2. The van der Waals surface area contributed by atoms with Crippen LogP contribution >= 0.6 is 15.9 Å². The fourth-order valence-corrected chi connectivity index (χ4v) is 2.10. The van der Waals surface area contributed by atoms with E-state index in [4.69, 9.17) is 0 Å². The predicted molar refractivity (Wildman–Crippen MR) is 73.2 cm³/mol. The van der Waals surface area contributed by atoms with Crippen molar-refractivity contribution in [3.63, 3.8) is 0 Å². The molecule has 2 rings (SSSR count). The van der Waals surface area contributed by atoms with E-state index >= 15 is 0 Å². The molecule has 1 aromatic carbocycles. The molecule has 0 spiro atoms. The van der Waals surface area contributed by atoms with Crippen LogP contribution in [0.25, 0.3) is 0 Å². The minimum atomic E-state index is -0.546. The van der Waals surface area contributed by atoms with Gasteiger partial charge in [0.05, 0.1) is 11.3 Å². The third-order valence-electron chi connectivity index (χ3n) is 2.73. The highest BCUT2D eigenvalue weighted by atomic mass is 79.9. The van der Waals surface area contributed by atoms with Crippen LogP contribution in [0.3, 0.4) is 0 Å². The maximum absolute atomic E-state index is 13.6. The summed E-state index contributed by atoms with van der Waals surface area (Å²) in [4.78, 5) is 11.9. The number of aryl methyl sites for hydroxylation is 2. The molecule has 4 nitrogen and oxygen atoms in total. The van der Waals surface area contributed by atoms with Crippen molar-refractivity contribution in [3.05, 3.63) is 51.5 Å². The van der Waals surface area contributed by atoms with Crippen molar-refractivity contribution in [3.8, 4) is 0 Å². The van der Waals surface area contributed by atoms with E-state index in [1.54, 1.807) is 10.7 Å². The van der Waals surface area contributed by atoms with Gasteiger partial charge < -0.3 is 5.32 Å². The van der Waals surface area contributed by atoms with E-state index in [-0.39, 0.29) is 5.56 Å². The van der Waals surface area contributed by atoms with Crippen molar-refractivity contribution >= 4 is 21.8 Å². The lowest BCUT2D eigenvalue weighted by Crippen LogP contribution is -2.24. The van der Waals surface area contributed by atoms with Crippen LogP contribution in [0.2, 0.25) is 0 Å². The summed E-state index contributed by atoms with van der Waals surface area (Å²) >= 11 is 3.15. The second-order valence-corrected chi connectivity index (χ2v) is 5.14. The quantitative estimate of drug-likeness (QED) is 0.942. The molecule has 1 aromatic heterocycles. The fraction of sp³-hybridized carbons (Fsp3) is 0.231. The topological polar surface area (TPSA) is 46.9 Å². The monoisotopic (exact) mass is 325 g/mol. The van der Waals surface area contributed by atoms with Gasteiger partial charge in [-0.2, -0.15) is 5.10 Å². The first-order valence-electron chi connectivity index (χ1n) is 5.69. The molecule has 0 aliphatic heterocycles.